The van der Waals surface area contributed by atoms with Crippen LogP contribution in [0.15, 0.2) is 134 Å². The number of hydrogen-bond acceptors (Lipinski definition) is 4. The Bertz CT molecular complexity index is 2270. The van der Waals surface area contributed by atoms with Gasteiger partial charge < -0.3 is 0 Å². The van der Waals surface area contributed by atoms with E-state index in [1.807, 2.05) is 36.5 Å². The minimum atomic E-state index is 0.0678. The molecule has 0 amide bonds. The molecule has 1 aliphatic rings. The van der Waals surface area contributed by atoms with Crippen molar-refractivity contribution in [1.82, 2.24) is 19.9 Å². The molecule has 4 heteroatoms. The molecule has 0 spiro atoms. The standard InChI is InChI=1S/C43H36N4/c1-42(2)27-43(3,4)37-26-31(20-21-36(37)42)40-45-39(30-15-9-6-10-16-30)46-41(47-40)34-24-32(28-13-7-5-8-14-28)23-33(25-34)35-19-11-17-29-18-12-22-44-38(29)35/h5-26H,27H2,1-4H3. The second-order valence-electron chi connectivity index (χ2n) is 13.9. The van der Waals surface area contributed by atoms with E-state index < -0.39 is 0 Å². The molecule has 0 atom stereocenters. The van der Waals surface area contributed by atoms with Crippen molar-refractivity contribution in [3.05, 3.63) is 145 Å². The van der Waals surface area contributed by atoms with E-state index in [4.69, 9.17) is 19.9 Å². The van der Waals surface area contributed by atoms with Gasteiger partial charge in [0.1, 0.15) is 0 Å². The predicted octanol–water partition coefficient (Wildman–Crippen LogP) is 10.7. The summed E-state index contributed by atoms with van der Waals surface area (Å²) in [5.41, 5.74) is 11.2. The zero-order chi connectivity index (χ0) is 32.2. The first-order chi connectivity index (χ1) is 22.7. The first-order valence-electron chi connectivity index (χ1n) is 16.3. The van der Waals surface area contributed by atoms with Crippen LogP contribution in [0.4, 0.5) is 0 Å². The lowest BCUT2D eigenvalue weighted by Gasteiger charge is -2.22. The molecule has 0 fully saturated rings. The van der Waals surface area contributed by atoms with Crippen molar-refractivity contribution in [3.63, 3.8) is 0 Å². The molecule has 8 rings (SSSR count). The maximum atomic E-state index is 5.20. The van der Waals surface area contributed by atoms with Crippen molar-refractivity contribution >= 4 is 10.9 Å². The van der Waals surface area contributed by atoms with Crippen LogP contribution in [0.5, 0.6) is 0 Å². The average molecular weight is 609 g/mol. The molecule has 0 saturated carbocycles. The summed E-state index contributed by atoms with van der Waals surface area (Å²) >= 11 is 0. The van der Waals surface area contributed by atoms with Gasteiger partial charge in [-0.3, -0.25) is 4.98 Å². The molecule has 0 unspecified atom stereocenters. The van der Waals surface area contributed by atoms with E-state index in [9.17, 15) is 0 Å². The van der Waals surface area contributed by atoms with Crippen LogP contribution < -0.4 is 0 Å². The highest BCUT2D eigenvalue weighted by molar-refractivity contribution is 5.95. The van der Waals surface area contributed by atoms with Gasteiger partial charge in [0, 0.05) is 33.8 Å². The van der Waals surface area contributed by atoms with Gasteiger partial charge in [-0.05, 0) is 75.4 Å². The Morgan fingerprint density at radius 1 is 0.447 bits per heavy atom. The van der Waals surface area contributed by atoms with E-state index in [-0.39, 0.29) is 10.8 Å². The molecule has 2 aromatic heterocycles. The minimum Gasteiger partial charge on any atom is -0.256 e. The molecule has 0 saturated heterocycles. The maximum Gasteiger partial charge on any atom is 0.164 e. The van der Waals surface area contributed by atoms with Crippen molar-refractivity contribution < 1.29 is 0 Å². The summed E-state index contributed by atoms with van der Waals surface area (Å²) in [5, 5.41) is 1.10. The summed E-state index contributed by atoms with van der Waals surface area (Å²) in [5.74, 6) is 1.97. The molecule has 0 aliphatic heterocycles. The summed E-state index contributed by atoms with van der Waals surface area (Å²) in [7, 11) is 0. The minimum absolute atomic E-state index is 0.0678. The van der Waals surface area contributed by atoms with Gasteiger partial charge in [0.15, 0.2) is 17.5 Å². The number of aromatic nitrogens is 4. The fraction of sp³-hybridized carbons (Fsp3) is 0.163. The smallest absolute Gasteiger partial charge is 0.164 e. The Morgan fingerprint density at radius 3 is 1.79 bits per heavy atom. The topological polar surface area (TPSA) is 51.6 Å². The van der Waals surface area contributed by atoms with E-state index in [0.29, 0.717) is 17.5 Å². The normalized spacial score (nSPS) is 14.6. The Hall–Kier alpha value is -5.48. The fourth-order valence-corrected chi connectivity index (χ4v) is 7.53. The lowest BCUT2D eigenvalue weighted by Crippen LogP contribution is -2.17. The highest BCUT2D eigenvalue weighted by atomic mass is 15.0. The van der Waals surface area contributed by atoms with E-state index in [1.54, 1.807) is 0 Å². The lowest BCUT2D eigenvalue weighted by atomic mass is 9.82. The highest BCUT2D eigenvalue weighted by Crippen LogP contribution is 2.50. The summed E-state index contributed by atoms with van der Waals surface area (Å²) in [6.45, 7) is 9.38. The zero-order valence-corrected chi connectivity index (χ0v) is 27.2. The number of rotatable bonds is 5. The van der Waals surface area contributed by atoms with Gasteiger partial charge in [-0.25, -0.2) is 15.0 Å². The third kappa shape index (κ3) is 5.30. The molecule has 5 aromatic carbocycles. The van der Waals surface area contributed by atoms with Gasteiger partial charge in [-0.2, -0.15) is 0 Å². The molecule has 7 aromatic rings. The second kappa shape index (κ2) is 11.1. The third-order valence-corrected chi connectivity index (χ3v) is 9.53. The largest absolute Gasteiger partial charge is 0.256 e. The van der Waals surface area contributed by atoms with Gasteiger partial charge >= 0.3 is 0 Å². The lowest BCUT2D eigenvalue weighted by molar-refractivity contribution is 0.403. The van der Waals surface area contributed by atoms with Gasteiger partial charge in [-0.15, -0.1) is 0 Å². The number of nitrogens with zero attached hydrogens (tertiary/aromatic N) is 4. The van der Waals surface area contributed by atoms with E-state index in [2.05, 4.69) is 125 Å². The van der Waals surface area contributed by atoms with Crippen LogP contribution in [-0.4, -0.2) is 19.9 Å². The molecule has 228 valence electrons. The van der Waals surface area contributed by atoms with Crippen LogP contribution in [0.1, 0.15) is 45.2 Å². The number of hydrogen-bond donors (Lipinski definition) is 0. The summed E-state index contributed by atoms with van der Waals surface area (Å²) in [6, 6.07) is 44.5. The molecule has 0 radical (unpaired) electrons. The van der Waals surface area contributed by atoms with Gasteiger partial charge in [0.05, 0.1) is 5.52 Å². The van der Waals surface area contributed by atoms with Crippen LogP contribution in [0.3, 0.4) is 0 Å². The van der Waals surface area contributed by atoms with Gasteiger partial charge in [-0.1, -0.05) is 125 Å². The second-order valence-corrected chi connectivity index (χ2v) is 13.9. The molecule has 0 bridgehead atoms. The number of fused-ring (bicyclic) bond motifs is 2. The third-order valence-electron chi connectivity index (χ3n) is 9.53. The quantitative estimate of drug-likeness (QED) is 0.195. The summed E-state index contributed by atoms with van der Waals surface area (Å²) < 4.78 is 0. The Morgan fingerprint density at radius 2 is 1.04 bits per heavy atom. The van der Waals surface area contributed by atoms with Crippen molar-refractivity contribution in [3.8, 4) is 56.4 Å². The Kier molecular flexibility index (Phi) is 6.84. The molecule has 0 N–H and O–H groups in total. The molecule has 2 heterocycles. The van der Waals surface area contributed by atoms with E-state index in [1.165, 1.54) is 11.1 Å². The first kappa shape index (κ1) is 29.0. The van der Waals surface area contributed by atoms with Crippen LogP contribution in [-0.2, 0) is 10.8 Å². The summed E-state index contributed by atoms with van der Waals surface area (Å²) in [6.07, 6.45) is 2.96. The van der Waals surface area contributed by atoms with E-state index >= 15 is 0 Å². The summed E-state index contributed by atoms with van der Waals surface area (Å²) in [4.78, 5) is 20.2. The highest BCUT2D eigenvalue weighted by Gasteiger charge is 2.41. The molecular weight excluding hydrogens is 573 g/mol. The molecule has 4 nitrogen and oxygen atoms in total. The first-order valence-corrected chi connectivity index (χ1v) is 16.3. The monoisotopic (exact) mass is 608 g/mol. The Balaban J connectivity index is 1.36. The number of para-hydroxylation sites is 1. The van der Waals surface area contributed by atoms with E-state index in [0.717, 1.165) is 56.3 Å². The molecule has 47 heavy (non-hydrogen) atoms. The van der Waals surface area contributed by atoms with Gasteiger partial charge in [0.2, 0.25) is 0 Å². The van der Waals surface area contributed by atoms with Crippen LogP contribution >= 0.6 is 0 Å². The van der Waals surface area contributed by atoms with Crippen molar-refractivity contribution in [2.24, 2.45) is 0 Å². The van der Waals surface area contributed by atoms with Crippen LogP contribution in [0.25, 0.3) is 67.3 Å². The predicted molar refractivity (Wildman–Crippen MR) is 193 cm³/mol. The number of benzene rings is 5. The van der Waals surface area contributed by atoms with Crippen LogP contribution in [0, 0.1) is 0 Å². The molecular formula is C43H36N4. The Labute approximate surface area is 276 Å². The van der Waals surface area contributed by atoms with Crippen LogP contribution in [0.2, 0.25) is 0 Å². The maximum absolute atomic E-state index is 5.20. The van der Waals surface area contributed by atoms with Crippen molar-refractivity contribution in [1.29, 1.82) is 0 Å². The van der Waals surface area contributed by atoms with Crippen molar-refractivity contribution in [2.45, 2.75) is 44.9 Å². The zero-order valence-electron chi connectivity index (χ0n) is 27.2. The average Bonchev–Trinajstić information content (AvgIpc) is 3.30. The fourth-order valence-electron chi connectivity index (χ4n) is 7.53. The van der Waals surface area contributed by atoms with Crippen molar-refractivity contribution in [2.75, 3.05) is 0 Å². The SMILES string of the molecule is CC1(C)CC(C)(C)c2cc(-c3nc(-c4ccccc4)nc(-c4cc(-c5ccccc5)cc(-c5cccc6cccnc56)c4)n3)ccc21. The number of pyridine rings is 1. The molecule has 1 aliphatic carbocycles. The van der Waals surface area contributed by atoms with Gasteiger partial charge in [0.25, 0.3) is 0 Å².